The van der Waals surface area contributed by atoms with Crippen molar-refractivity contribution in [1.82, 2.24) is 0 Å². The number of hydrogen-bond donors (Lipinski definition) is 0. The van der Waals surface area contributed by atoms with Crippen LogP contribution in [0, 0.1) is 0 Å². The highest BCUT2D eigenvalue weighted by molar-refractivity contribution is 7.45. The van der Waals surface area contributed by atoms with Crippen molar-refractivity contribution in [3.05, 3.63) is 24.3 Å². The van der Waals surface area contributed by atoms with Crippen molar-refractivity contribution >= 4 is 19.8 Å². The third kappa shape index (κ3) is 53.8. The molecule has 68 heavy (non-hydrogen) atoms. The van der Waals surface area contributed by atoms with Crippen LogP contribution >= 0.6 is 7.82 Å². The maximum atomic E-state index is 12.8. The van der Waals surface area contributed by atoms with Crippen LogP contribution in [0.15, 0.2) is 24.3 Å². The Morgan fingerprint density at radius 1 is 0.456 bits per heavy atom. The van der Waals surface area contributed by atoms with E-state index < -0.39 is 26.5 Å². The summed E-state index contributed by atoms with van der Waals surface area (Å²) in [6, 6.07) is 0. The number of esters is 2. The molecule has 0 aliphatic carbocycles. The van der Waals surface area contributed by atoms with Crippen molar-refractivity contribution in [2.45, 2.75) is 290 Å². The quantitative estimate of drug-likeness (QED) is 0.0195. The molecule has 0 saturated heterocycles. The van der Waals surface area contributed by atoms with Crippen LogP contribution in [-0.2, 0) is 32.7 Å². The van der Waals surface area contributed by atoms with E-state index in [1.54, 1.807) is 0 Å². The maximum Gasteiger partial charge on any atom is 0.306 e. The van der Waals surface area contributed by atoms with E-state index in [-0.39, 0.29) is 32.0 Å². The molecule has 10 heteroatoms. The van der Waals surface area contributed by atoms with Gasteiger partial charge in [-0.25, -0.2) is 0 Å². The van der Waals surface area contributed by atoms with E-state index in [1.807, 2.05) is 21.1 Å². The summed E-state index contributed by atoms with van der Waals surface area (Å²) >= 11 is 0. The zero-order chi connectivity index (χ0) is 49.9. The third-order valence-corrected chi connectivity index (χ3v) is 13.9. The van der Waals surface area contributed by atoms with Crippen molar-refractivity contribution in [1.29, 1.82) is 0 Å². The zero-order valence-electron chi connectivity index (χ0n) is 45.6. The largest absolute Gasteiger partial charge is 0.756 e. The number of ether oxygens (including phenoxy) is 2. The van der Waals surface area contributed by atoms with E-state index in [9.17, 15) is 19.0 Å². The monoisotopic (exact) mass is 982 g/mol. The molecule has 0 radical (unpaired) electrons. The lowest BCUT2D eigenvalue weighted by atomic mass is 10.0. The zero-order valence-corrected chi connectivity index (χ0v) is 46.5. The van der Waals surface area contributed by atoms with E-state index in [0.717, 1.165) is 51.4 Å². The van der Waals surface area contributed by atoms with Crippen molar-refractivity contribution in [2.75, 3.05) is 47.5 Å². The van der Waals surface area contributed by atoms with E-state index in [4.69, 9.17) is 18.5 Å². The second-order valence-electron chi connectivity index (χ2n) is 21.0. The van der Waals surface area contributed by atoms with Gasteiger partial charge in [0.1, 0.15) is 19.8 Å². The van der Waals surface area contributed by atoms with Gasteiger partial charge in [-0.3, -0.25) is 14.2 Å². The minimum atomic E-state index is -4.63. The molecule has 0 aliphatic heterocycles. The first-order valence-electron chi connectivity index (χ1n) is 29.0. The first kappa shape index (κ1) is 66.5. The summed E-state index contributed by atoms with van der Waals surface area (Å²) in [5.41, 5.74) is 0. The molecule has 0 fully saturated rings. The Bertz CT molecular complexity index is 1200. The van der Waals surface area contributed by atoms with Crippen LogP contribution < -0.4 is 4.89 Å². The number of carbonyl (C=O) groups excluding carboxylic acids is 2. The van der Waals surface area contributed by atoms with E-state index in [1.165, 1.54) is 199 Å². The third-order valence-electron chi connectivity index (χ3n) is 13.0. The van der Waals surface area contributed by atoms with Crippen molar-refractivity contribution in [3.63, 3.8) is 0 Å². The number of phosphoric acid groups is 1. The second-order valence-corrected chi connectivity index (χ2v) is 22.4. The molecule has 2 atom stereocenters. The molecule has 0 aliphatic rings. The van der Waals surface area contributed by atoms with Gasteiger partial charge >= 0.3 is 11.9 Å². The van der Waals surface area contributed by atoms with Gasteiger partial charge < -0.3 is 27.9 Å². The Morgan fingerprint density at radius 2 is 0.794 bits per heavy atom. The summed E-state index contributed by atoms with van der Waals surface area (Å²) < 4.78 is 34.1. The Morgan fingerprint density at radius 3 is 1.19 bits per heavy atom. The van der Waals surface area contributed by atoms with Crippen LogP contribution in [0.25, 0.3) is 0 Å². The van der Waals surface area contributed by atoms with Gasteiger partial charge in [-0.05, 0) is 44.9 Å². The summed E-state index contributed by atoms with van der Waals surface area (Å²) in [7, 11) is 1.17. The van der Waals surface area contributed by atoms with Gasteiger partial charge in [0.15, 0.2) is 6.10 Å². The fraction of sp³-hybridized carbons (Fsp3) is 0.897. The van der Waals surface area contributed by atoms with Crippen LogP contribution in [0.3, 0.4) is 0 Å². The SMILES string of the molecule is CCCCC/C=C\C/C=C\CCCCCCCCCC(=O)OC(COC(=O)CCCCCCCCCCCCCCCCCCCCCCCCCCCCC)COP(=O)([O-])OCC[N+](C)(C)C. The van der Waals surface area contributed by atoms with Gasteiger partial charge in [0.25, 0.3) is 7.82 Å². The average molecular weight is 983 g/mol. The van der Waals surface area contributed by atoms with Crippen LogP contribution in [0.5, 0.6) is 0 Å². The van der Waals surface area contributed by atoms with Crippen LogP contribution in [0.1, 0.15) is 284 Å². The lowest BCUT2D eigenvalue weighted by Gasteiger charge is -2.28. The minimum absolute atomic E-state index is 0.0302. The van der Waals surface area contributed by atoms with E-state index >= 15 is 0 Å². The number of allylic oxidation sites excluding steroid dienone is 4. The van der Waals surface area contributed by atoms with E-state index in [0.29, 0.717) is 17.4 Å². The molecular weight excluding hydrogens is 870 g/mol. The van der Waals surface area contributed by atoms with Gasteiger partial charge in [0.05, 0.1) is 27.7 Å². The molecule has 0 amide bonds. The highest BCUT2D eigenvalue weighted by atomic mass is 31.2. The molecule has 0 spiro atoms. The highest BCUT2D eigenvalue weighted by Crippen LogP contribution is 2.38. The van der Waals surface area contributed by atoms with Crippen LogP contribution in [0.2, 0.25) is 0 Å². The first-order chi connectivity index (χ1) is 33.0. The van der Waals surface area contributed by atoms with Gasteiger partial charge in [-0.2, -0.15) is 0 Å². The first-order valence-corrected chi connectivity index (χ1v) is 30.5. The second kappa shape index (κ2) is 50.4. The maximum absolute atomic E-state index is 12.8. The Labute approximate surface area is 421 Å². The normalized spacial score (nSPS) is 13.4. The van der Waals surface area contributed by atoms with E-state index in [2.05, 4.69) is 38.2 Å². The number of rotatable bonds is 54. The summed E-state index contributed by atoms with van der Waals surface area (Å²) in [5.74, 6) is -0.828. The molecule has 0 bridgehead atoms. The Hall–Kier alpha value is -1.51. The number of unbranched alkanes of at least 4 members (excludes halogenated alkanes) is 36. The molecule has 0 aromatic rings. The minimum Gasteiger partial charge on any atom is -0.756 e. The molecule has 0 rings (SSSR count). The van der Waals surface area contributed by atoms with Crippen molar-refractivity contribution in [3.8, 4) is 0 Å². The number of likely N-dealkylation sites (N-methyl/N-ethyl adjacent to an activating group) is 1. The van der Waals surface area contributed by atoms with Crippen LogP contribution in [-0.4, -0.2) is 70.0 Å². The lowest BCUT2D eigenvalue weighted by molar-refractivity contribution is -0.870. The standard InChI is InChI=1S/C58H112NO8P/c1-6-8-10-12-14-16-18-20-22-24-25-26-27-28-29-30-31-32-33-35-36-38-40-42-44-46-48-50-57(60)64-54-56(55-66-68(62,63)65-53-52-59(3,4)5)67-58(61)51-49-47-45-43-41-39-37-34-23-21-19-17-15-13-11-9-7-2/h15,17,21,23,56H,6-14,16,18-20,22,24-55H2,1-5H3/b17-15-,23-21-. The Balaban J connectivity index is 4.08. The van der Waals surface area contributed by atoms with Crippen LogP contribution in [0.4, 0.5) is 0 Å². The van der Waals surface area contributed by atoms with Crippen molar-refractivity contribution in [2.24, 2.45) is 0 Å². The average Bonchev–Trinajstić information content (AvgIpc) is 3.30. The molecule has 0 aromatic heterocycles. The summed E-state index contributed by atoms with van der Waals surface area (Å²) in [6.45, 7) is 4.25. The predicted molar refractivity (Wildman–Crippen MR) is 287 cm³/mol. The molecule has 0 heterocycles. The topological polar surface area (TPSA) is 111 Å². The highest BCUT2D eigenvalue weighted by Gasteiger charge is 2.22. The molecule has 0 N–H and O–H groups in total. The predicted octanol–water partition coefficient (Wildman–Crippen LogP) is 17.2. The number of phosphoric ester groups is 1. The number of nitrogens with zero attached hydrogens (tertiary/aromatic N) is 1. The molecule has 9 nitrogen and oxygen atoms in total. The molecule has 402 valence electrons. The fourth-order valence-electron chi connectivity index (χ4n) is 8.45. The summed E-state index contributed by atoms with van der Waals surface area (Å²) in [6.07, 6.45) is 59.4. The number of carbonyl (C=O) groups is 2. The number of quaternary nitrogens is 1. The molecule has 0 aromatic carbocycles. The fourth-order valence-corrected chi connectivity index (χ4v) is 9.18. The molecule has 0 saturated carbocycles. The van der Waals surface area contributed by atoms with Gasteiger partial charge in [0, 0.05) is 12.8 Å². The smallest absolute Gasteiger partial charge is 0.306 e. The lowest BCUT2D eigenvalue weighted by Crippen LogP contribution is -2.37. The summed E-state index contributed by atoms with van der Waals surface area (Å²) in [5, 5.41) is 0. The molecule has 2 unspecified atom stereocenters. The van der Waals surface area contributed by atoms with Gasteiger partial charge in [-0.1, -0.05) is 250 Å². The Kier molecular flexibility index (Phi) is 49.3. The summed E-state index contributed by atoms with van der Waals surface area (Å²) in [4.78, 5) is 37.8. The van der Waals surface area contributed by atoms with Gasteiger partial charge in [0.2, 0.25) is 0 Å². The van der Waals surface area contributed by atoms with Gasteiger partial charge in [-0.15, -0.1) is 0 Å². The number of hydrogen-bond acceptors (Lipinski definition) is 8. The molecular formula is C58H112NO8P. The van der Waals surface area contributed by atoms with Crippen molar-refractivity contribution < 1.29 is 42.1 Å².